The van der Waals surface area contributed by atoms with Crippen LogP contribution in [0.4, 0.5) is 0 Å². The average molecular weight is 196 g/mol. The number of hydrogen-bond donors (Lipinski definition) is 2. The summed E-state index contributed by atoms with van der Waals surface area (Å²) in [5.41, 5.74) is 0.769. The number of methoxy groups -OCH3 is 1. The highest BCUT2D eigenvalue weighted by molar-refractivity contribution is 5.93. The van der Waals surface area contributed by atoms with Crippen LogP contribution in [0.15, 0.2) is 12.1 Å². The van der Waals surface area contributed by atoms with Crippen molar-refractivity contribution in [3.63, 3.8) is 0 Å². The van der Waals surface area contributed by atoms with Crippen LogP contribution in [0.25, 0.3) is 0 Å². The van der Waals surface area contributed by atoms with Gasteiger partial charge >= 0.3 is 0 Å². The van der Waals surface area contributed by atoms with Crippen LogP contribution in [0.3, 0.4) is 0 Å². The summed E-state index contributed by atoms with van der Waals surface area (Å²) in [5, 5.41) is 2.63. The maximum absolute atomic E-state index is 11.3. The molecular weight excluding hydrogens is 184 g/mol. The lowest BCUT2D eigenvalue weighted by Crippen LogP contribution is -2.27. The van der Waals surface area contributed by atoms with Crippen molar-refractivity contribution in [2.75, 3.05) is 20.3 Å². The molecule has 0 aliphatic carbocycles. The molecule has 76 valence electrons. The molecule has 0 spiro atoms. The minimum absolute atomic E-state index is 0.241. The summed E-state index contributed by atoms with van der Waals surface area (Å²) in [4.78, 5) is 24.3. The molecular formula is C9H12N2O3. The van der Waals surface area contributed by atoms with E-state index < -0.39 is 0 Å². The minimum atomic E-state index is -0.241. The van der Waals surface area contributed by atoms with E-state index in [9.17, 15) is 9.59 Å². The Bertz CT molecular complexity index is 320. The van der Waals surface area contributed by atoms with Crippen molar-refractivity contribution >= 4 is 12.2 Å². The molecule has 0 aliphatic rings. The van der Waals surface area contributed by atoms with E-state index in [-0.39, 0.29) is 5.91 Å². The molecule has 0 aliphatic heterocycles. The number of ether oxygens (including phenoxy) is 1. The Morgan fingerprint density at radius 2 is 2.43 bits per heavy atom. The van der Waals surface area contributed by atoms with Gasteiger partial charge in [0.1, 0.15) is 5.69 Å². The molecule has 0 radical (unpaired) electrons. The number of hydrogen-bond acceptors (Lipinski definition) is 3. The van der Waals surface area contributed by atoms with Gasteiger partial charge in [0.05, 0.1) is 12.3 Å². The van der Waals surface area contributed by atoms with E-state index in [1.807, 2.05) is 0 Å². The summed E-state index contributed by atoms with van der Waals surface area (Å²) in [6, 6.07) is 3.12. The molecule has 1 aromatic rings. The van der Waals surface area contributed by atoms with E-state index >= 15 is 0 Å². The zero-order chi connectivity index (χ0) is 10.4. The van der Waals surface area contributed by atoms with Gasteiger partial charge in [0.25, 0.3) is 5.91 Å². The number of rotatable bonds is 5. The first-order valence-corrected chi connectivity index (χ1v) is 4.19. The monoisotopic (exact) mass is 196 g/mol. The van der Waals surface area contributed by atoms with E-state index in [1.54, 1.807) is 19.2 Å². The molecule has 1 aromatic heterocycles. The van der Waals surface area contributed by atoms with Gasteiger partial charge in [0, 0.05) is 13.7 Å². The third kappa shape index (κ3) is 2.70. The van der Waals surface area contributed by atoms with Crippen LogP contribution in [0.1, 0.15) is 21.0 Å². The van der Waals surface area contributed by atoms with Crippen molar-refractivity contribution in [1.29, 1.82) is 0 Å². The van der Waals surface area contributed by atoms with Crippen molar-refractivity contribution in [1.82, 2.24) is 10.3 Å². The highest BCUT2D eigenvalue weighted by atomic mass is 16.5. The van der Waals surface area contributed by atoms with Gasteiger partial charge in [-0.2, -0.15) is 0 Å². The summed E-state index contributed by atoms with van der Waals surface area (Å²) >= 11 is 0. The summed E-state index contributed by atoms with van der Waals surface area (Å²) < 4.78 is 4.77. The smallest absolute Gasteiger partial charge is 0.267 e. The maximum Gasteiger partial charge on any atom is 0.267 e. The van der Waals surface area contributed by atoms with E-state index in [0.29, 0.717) is 30.8 Å². The van der Waals surface area contributed by atoms with Gasteiger partial charge in [-0.15, -0.1) is 0 Å². The first-order chi connectivity index (χ1) is 6.77. The lowest BCUT2D eigenvalue weighted by atomic mass is 10.4. The molecule has 1 rings (SSSR count). The Morgan fingerprint density at radius 1 is 1.64 bits per heavy atom. The van der Waals surface area contributed by atoms with Gasteiger partial charge < -0.3 is 15.0 Å². The molecule has 0 unspecified atom stereocenters. The number of H-pyrrole nitrogens is 1. The molecule has 0 fully saturated rings. The second-order valence-corrected chi connectivity index (χ2v) is 2.69. The third-order valence-electron chi connectivity index (χ3n) is 1.67. The Balaban J connectivity index is 2.47. The number of nitrogens with one attached hydrogen (secondary N) is 2. The lowest BCUT2D eigenvalue weighted by molar-refractivity contribution is 0.0932. The van der Waals surface area contributed by atoms with Gasteiger partial charge in [-0.25, -0.2) is 0 Å². The van der Waals surface area contributed by atoms with Gasteiger partial charge in [0.2, 0.25) is 0 Å². The Morgan fingerprint density at radius 3 is 3.00 bits per heavy atom. The van der Waals surface area contributed by atoms with Crippen LogP contribution < -0.4 is 5.32 Å². The summed E-state index contributed by atoms with van der Waals surface area (Å²) in [6.45, 7) is 0.914. The summed E-state index contributed by atoms with van der Waals surface area (Å²) in [5.74, 6) is -0.241. The normalized spacial score (nSPS) is 9.79. The highest BCUT2D eigenvalue weighted by Gasteiger charge is 2.06. The van der Waals surface area contributed by atoms with Gasteiger partial charge in [-0.1, -0.05) is 0 Å². The van der Waals surface area contributed by atoms with Crippen LogP contribution in [0, 0.1) is 0 Å². The summed E-state index contributed by atoms with van der Waals surface area (Å²) in [6.07, 6.45) is 0.659. The molecule has 1 amide bonds. The van der Waals surface area contributed by atoms with Gasteiger partial charge in [-0.05, 0) is 12.1 Å². The van der Waals surface area contributed by atoms with Gasteiger partial charge in [-0.3, -0.25) is 9.59 Å². The second kappa shape index (κ2) is 5.18. The fourth-order valence-electron chi connectivity index (χ4n) is 0.975. The van der Waals surface area contributed by atoms with Crippen LogP contribution in [0.5, 0.6) is 0 Å². The molecule has 1 heterocycles. The highest BCUT2D eigenvalue weighted by Crippen LogP contribution is 1.98. The van der Waals surface area contributed by atoms with Crippen LogP contribution >= 0.6 is 0 Å². The van der Waals surface area contributed by atoms with Crippen molar-refractivity contribution in [3.8, 4) is 0 Å². The van der Waals surface area contributed by atoms with Crippen LogP contribution in [0.2, 0.25) is 0 Å². The van der Waals surface area contributed by atoms with Gasteiger partial charge in [0.15, 0.2) is 6.29 Å². The van der Waals surface area contributed by atoms with Crippen molar-refractivity contribution < 1.29 is 14.3 Å². The maximum atomic E-state index is 11.3. The first kappa shape index (κ1) is 10.5. The molecule has 0 saturated carbocycles. The molecule has 5 nitrogen and oxygen atoms in total. The third-order valence-corrected chi connectivity index (χ3v) is 1.67. The first-order valence-electron chi connectivity index (χ1n) is 4.19. The van der Waals surface area contributed by atoms with Crippen LogP contribution in [-0.2, 0) is 4.74 Å². The SMILES string of the molecule is COCCNC(=O)c1ccc(C=O)[nH]1. The largest absolute Gasteiger partial charge is 0.383 e. The topological polar surface area (TPSA) is 71.2 Å². The average Bonchev–Trinajstić information content (AvgIpc) is 2.66. The standard InChI is InChI=1S/C9H12N2O3/c1-14-5-4-10-9(13)8-3-2-7(6-12)11-8/h2-3,6,11H,4-5H2,1H3,(H,10,13). The molecule has 0 bridgehead atoms. The number of aldehydes is 1. The molecule has 0 aromatic carbocycles. The Kier molecular flexibility index (Phi) is 3.87. The number of aromatic nitrogens is 1. The zero-order valence-electron chi connectivity index (χ0n) is 7.87. The number of carbonyl (C=O) groups is 2. The fourth-order valence-corrected chi connectivity index (χ4v) is 0.975. The molecule has 5 heteroatoms. The predicted molar refractivity (Wildman–Crippen MR) is 50.4 cm³/mol. The van der Waals surface area contributed by atoms with Crippen molar-refractivity contribution in [2.24, 2.45) is 0 Å². The molecule has 0 saturated heterocycles. The minimum Gasteiger partial charge on any atom is -0.383 e. The molecule has 0 atom stereocenters. The fraction of sp³-hybridized carbons (Fsp3) is 0.333. The zero-order valence-corrected chi connectivity index (χ0v) is 7.87. The van der Waals surface area contributed by atoms with E-state index in [0.717, 1.165) is 0 Å². The van der Waals surface area contributed by atoms with E-state index in [4.69, 9.17) is 4.74 Å². The Hall–Kier alpha value is -1.62. The quantitative estimate of drug-likeness (QED) is 0.522. The second-order valence-electron chi connectivity index (χ2n) is 2.69. The van der Waals surface area contributed by atoms with E-state index in [1.165, 1.54) is 0 Å². The Labute approximate surface area is 81.5 Å². The molecule has 2 N–H and O–H groups in total. The lowest BCUT2D eigenvalue weighted by Gasteiger charge is -2.01. The van der Waals surface area contributed by atoms with Crippen molar-refractivity contribution in [2.45, 2.75) is 0 Å². The summed E-state index contributed by atoms with van der Waals surface area (Å²) in [7, 11) is 1.56. The number of aromatic amines is 1. The molecule has 14 heavy (non-hydrogen) atoms. The van der Waals surface area contributed by atoms with Crippen LogP contribution in [-0.4, -0.2) is 37.4 Å². The number of amides is 1. The number of carbonyl (C=O) groups excluding carboxylic acids is 2. The van der Waals surface area contributed by atoms with Crippen molar-refractivity contribution in [3.05, 3.63) is 23.5 Å². The predicted octanol–water partition coefficient (Wildman–Crippen LogP) is 0.203. The van der Waals surface area contributed by atoms with E-state index in [2.05, 4.69) is 10.3 Å².